The van der Waals surface area contributed by atoms with E-state index in [1.807, 2.05) is 66.7 Å². The molecule has 3 aromatic rings. The maximum atomic E-state index is 13.8. The van der Waals surface area contributed by atoms with Crippen LogP contribution in [0.25, 0.3) is 0 Å². The third-order valence-electron chi connectivity index (χ3n) is 6.44. The summed E-state index contributed by atoms with van der Waals surface area (Å²) in [7, 11) is 1.67. The fourth-order valence-corrected chi connectivity index (χ4v) is 4.96. The Morgan fingerprint density at radius 1 is 0.710 bits per heavy atom. The van der Waals surface area contributed by atoms with E-state index in [1.54, 1.807) is 19.2 Å². The number of rotatable bonds is 4. The van der Waals surface area contributed by atoms with E-state index in [-0.39, 0.29) is 11.6 Å². The molecule has 156 valence electrons. The molecule has 1 saturated heterocycles. The van der Waals surface area contributed by atoms with Gasteiger partial charge in [0.05, 0.1) is 12.8 Å². The van der Waals surface area contributed by atoms with Crippen molar-refractivity contribution in [3.63, 3.8) is 0 Å². The molecule has 0 spiro atoms. The van der Waals surface area contributed by atoms with Gasteiger partial charge in [-0.3, -0.25) is 14.5 Å². The Labute approximate surface area is 181 Å². The van der Waals surface area contributed by atoms with Crippen LogP contribution in [0.1, 0.15) is 26.3 Å². The van der Waals surface area contributed by atoms with Crippen LogP contribution in [0.4, 0.5) is 5.69 Å². The summed E-state index contributed by atoms with van der Waals surface area (Å²) in [6.07, 6.45) is 0. The minimum absolute atomic E-state index is 0.120. The highest BCUT2D eigenvalue weighted by Gasteiger charge is 2.58. The van der Waals surface area contributed by atoms with Crippen molar-refractivity contribution in [3.05, 3.63) is 95.6 Å². The van der Waals surface area contributed by atoms with Gasteiger partial charge >= 0.3 is 0 Å². The second-order valence-corrected chi connectivity index (χ2v) is 7.93. The summed E-state index contributed by atoms with van der Waals surface area (Å²) in [5.41, 5.74) is 1.52. The number of nitrogens with zero attached hydrogens (tertiary/aromatic N) is 2. The first-order chi connectivity index (χ1) is 15.2. The van der Waals surface area contributed by atoms with Gasteiger partial charge in [-0.05, 0) is 17.7 Å². The first-order valence-corrected chi connectivity index (χ1v) is 10.5. The lowest BCUT2D eigenvalue weighted by Crippen LogP contribution is -2.60. The van der Waals surface area contributed by atoms with E-state index < -0.39 is 5.54 Å². The number of carbonyl (C=O) groups is 2. The van der Waals surface area contributed by atoms with Crippen molar-refractivity contribution in [1.29, 1.82) is 0 Å². The largest absolute Gasteiger partial charge is 0.495 e. The number of piperazine rings is 1. The van der Waals surface area contributed by atoms with Gasteiger partial charge in [0.2, 0.25) is 0 Å². The van der Waals surface area contributed by atoms with E-state index in [0.29, 0.717) is 37.3 Å². The smallest absolute Gasteiger partial charge is 0.196 e. The molecule has 1 aliphatic heterocycles. The number of anilines is 1. The molecule has 0 saturated carbocycles. The van der Waals surface area contributed by atoms with Crippen LogP contribution in [0.3, 0.4) is 0 Å². The van der Waals surface area contributed by atoms with E-state index in [4.69, 9.17) is 4.74 Å². The molecule has 0 amide bonds. The molecular formula is C26H24N2O3. The zero-order valence-corrected chi connectivity index (χ0v) is 17.5. The maximum absolute atomic E-state index is 13.8. The van der Waals surface area contributed by atoms with Gasteiger partial charge in [0.1, 0.15) is 5.75 Å². The van der Waals surface area contributed by atoms with Crippen LogP contribution in [0.2, 0.25) is 0 Å². The fraction of sp³-hybridized carbons (Fsp3) is 0.231. The van der Waals surface area contributed by atoms with Gasteiger partial charge in [-0.2, -0.15) is 0 Å². The highest BCUT2D eigenvalue weighted by molar-refractivity contribution is 6.32. The van der Waals surface area contributed by atoms with Crippen molar-refractivity contribution in [1.82, 2.24) is 4.90 Å². The Morgan fingerprint density at radius 2 is 1.26 bits per heavy atom. The number of Topliss-reactive ketones (excluding diaryl/α,β-unsaturated/α-hetero) is 2. The molecule has 2 aliphatic rings. The first kappa shape index (κ1) is 19.5. The fourth-order valence-electron chi connectivity index (χ4n) is 4.96. The van der Waals surface area contributed by atoms with E-state index in [1.165, 1.54) is 0 Å². The number of ether oxygens (including phenoxy) is 1. The second kappa shape index (κ2) is 7.67. The minimum Gasteiger partial charge on any atom is -0.495 e. The molecule has 0 aromatic heterocycles. The molecule has 0 unspecified atom stereocenters. The molecule has 0 N–H and O–H groups in total. The minimum atomic E-state index is -1.29. The molecule has 1 heterocycles. The number of hydrogen-bond donors (Lipinski definition) is 0. The van der Waals surface area contributed by atoms with Crippen LogP contribution in [0.15, 0.2) is 78.9 Å². The van der Waals surface area contributed by atoms with E-state index in [2.05, 4.69) is 9.80 Å². The van der Waals surface area contributed by atoms with E-state index in [9.17, 15) is 9.59 Å². The van der Waals surface area contributed by atoms with Gasteiger partial charge in [-0.25, -0.2) is 0 Å². The zero-order chi connectivity index (χ0) is 21.4. The summed E-state index contributed by atoms with van der Waals surface area (Å²) < 4.78 is 5.53. The predicted octanol–water partition coefficient (Wildman–Crippen LogP) is 3.79. The van der Waals surface area contributed by atoms with Crippen molar-refractivity contribution >= 4 is 17.3 Å². The summed E-state index contributed by atoms with van der Waals surface area (Å²) in [5, 5.41) is 0. The molecule has 5 nitrogen and oxygen atoms in total. The summed E-state index contributed by atoms with van der Waals surface area (Å²) in [5.74, 6) is 0.587. The van der Waals surface area contributed by atoms with E-state index in [0.717, 1.165) is 17.0 Å². The van der Waals surface area contributed by atoms with Crippen LogP contribution in [0.5, 0.6) is 5.75 Å². The highest BCUT2D eigenvalue weighted by atomic mass is 16.5. The Kier molecular flexibility index (Phi) is 4.83. The normalized spacial score (nSPS) is 18.2. The molecule has 0 radical (unpaired) electrons. The van der Waals surface area contributed by atoms with Crippen molar-refractivity contribution in [2.45, 2.75) is 5.54 Å². The lowest BCUT2D eigenvalue weighted by molar-refractivity contribution is 0.0461. The maximum Gasteiger partial charge on any atom is 0.196 e. The molecule has 0 atom stereocenters. The monoisotopic (exact) mass is 412 g/mol. The number of fused-ring (bicyclic) bond motifs is 1. The lowest BCUT2D eigenvalue weighted by Gasteiger charge is -2.44. The molecule has 5 heteroatoms. The third-order valence-corrected chi connectivity index (χ3v) is 6.44. The first-order valence-electron chi connectivity index (χ1n) is 10.5. The topological polar surface area (TPSA) is 49.9 Å². The Hall–Kier alpha value is -3.44. The molecule has 31 heavy (non-hydrogen) atoms. The average Bonchev–Trinajstić information content (AvgIpc) is 3.07. The van der Waals surface area contributed by atoms with Gasteiger partial charge < -0.3 is 9.64 Å². The van der Waals surface area contributed by atoms with Crippen molar-refractivity contribution in [2.24, 2.45) is 0 Å². The molecule has 3 aromatic carbocycles. The predicted molar refractivity (Wildman–Crippen MR) is 120 cm³/mol. The van der Waals surface area contributed by atoms with Gasteiger partial charge in [0, 0.05) is 37.3 Å². The number of carbonyl (C=O) groups excluding carboxylic acids is 2. The number of ketones is 2. The SMILES string of the molecule is COc1ccccc1N1CCN(C2(c3ccccc3)C(=O)c3ccccc3C2=O)CC1. The van der Waals surface area contributed by atoms with Crippen molar-refractivity contribution < 1.29 is 14.3 Å². The van der Waals surface area contributed by atoms with Crippen LogP contribution in [-0.2, 0) is 5.54 Å². The van der Waals surface area contributed by atoms with Crippen molar-refractivity contribution in [3.8, 4) is 5.75 Å². The molecule has 5 rings (SSSR count). The second-order valence-electron chi connectivity index (χ2n) is 7.93. The average molecular weight is 412 g/mol. The van der Waals surface area contributed by atoms with Crippen LogP contribution in [-0.4, -0.2) is 49.8 Å². The standard InChI is InChI=1S/C26H24N2O3/c1-31-23-14-8-7-13-22(23)27-15-17-28(18-16-27)26(19-9-3-2-4-10-19)24(29)20-11-5-6-12-21(20)25(26)30/h2-14H,15-18H2,1H3. The molecule has 1 fully saturated rings. The Bertz CT molecular complexity index is 1100. The molecule has 0 bridgehead atoms. The van der Waals surface area contributed by atoms with Gasteiger partial charge in [0.15, 0.2) is 17.1 Å². The summed E-state index contributed by atoms with van der Waals surface area (Å²) >= 11 is 0. The molecular weight excluding hydrogens is 388 g/mol. The van der Waals surface area contributed by atoms with Crippen molar-refractivity contribution in [2.75, 3.05) is 38.2 Å². The summed E-state index contributed by atoms with van der Waals surface area (Å²) in [6.45, 7) is 2.59. The van der Waals surface area contributed by atoms with E-state index >= 15 is 0 Å². The van der Waals surface area contributed by atoms with Gasteiger partial charge in [-0.1, -0.05) is 66.7 Å². The van der Waals surface area contributed by atoms with Gasteiger partial charge in [-0.15, -0.1) is 0 Å². The van der Waals surface area contributed by atoms with Crippen LogP contribution in [0, 0.1) is 0 Å². The van der Waals surface area contributed by atoms with Crippen LogP contribution >= 0.6 is 0 Å². The molecule has 1 aliphatic carbocycles. The summed E-state index contributed by atoms with van der Waals surface area (Å²) in [4.78, 5) is 31.9. The van der Waals surface area contributed by atoms with Gasteiger partial charge in [0.25, 0.3) is 0 Å². The number of para-hydroxylation sites is 2. The lowest BCUT2D eigenvalue weighted by atomic mass is 9.82. The Morgan fingerprint density at radius 3 is 1.87 bits per heavy atom. The number of hydrogen-bond acceptors (Lipinski definition) is 5. The third kappa shape index (κ3) is 2.88. The number of methoxy groups -OCH3 is 1. The number of benzene rings is 3. The quantitative estimate of drug-likeness (QED) is 0.610. The highest BCUT2D eigenvalue weighted by Crippen LogP contribution is 2.43. The Balaban J connectivity index is 1.52. The van der Waals surface area contributed by atoms with Crippen LogP contribution < -0.4 is 9.64 Å². The zero-order valence-electron chi connectivity index (χ0n) is 17.5. The summed E-state index contributed by atoms with van der Waals surface area (Å²) in [6, 6.07) is 24.6.